The summed E-state index contributed by atoms with van der Waals surface area (Å²) < 4.78 is 2.15. The van der Waals surface area contributed by atoms with Crippen LogP contribution in [0.15, 0.2) is 36.5 Å². The molecular weight excluding hydrogens is 314 g/mol. The van der Waals surface area contributed by atoms with E-state index in [2.05, 4.69) is 38.9 Å². The Balaban J connectivity index is 1.56. The largest absolute Gasteiger partial charge is 0.347 e. The van der Waals surface area contributed by atoms with Gasteiger partial charge in [0.1, 0.15) is 11.6 Å². The number of carbonyl (C=O) groups is 1. The van der Waals surface area contributed by atoms with Crippen LogP contribution in [0, 0.1) is 0 Å². The number of aryl methyl sites for hydroxylation is 1. The third kappa shape index (κ3) is 2.88. The minimum atomic E-state index is -0.0723. The van der Waals surface area contributed by atoms with Crippen molar-refractivity contribution in [2.75, 3.05) is 0 Å². The molecule has 6 nitrogen and oxygen atoms in total. The Bertz CT molecular complexity index is 925. The minimum absolute atomic E-state index is 0.0723. The van der Waals surface area contributed by atoms with Gasteiger partial charge in [-0.05, 0) is 18.6 Å². The van der Waals surface area contributed by atoms with Crippen molar-refractivity contribution in [3.8, 4) is 0 Å². The van der Waals surface area contributed by atoms with Crippen molar-refractivity contribution in [2.45, 2.75) is 45.2 Å². The number of hydrogen-bond donors (Lipinski definition) is 1. The van der Waals surface area contributed by atoms with E-state index in [4.69, 9.17) is 0 Å². The fourth-order valence-corrected chi connectivity index (χ4v) is 3.44. The van der Waals surface area contributed by atoms with E-state index in [1.54, 1.807) is 6.20 Å². The summed E-state index contributed by atoms with van der Waals surface area (Å²) in [6.07, 6.45) is 3.43. The monoisotopic (exact) mass is 335 g/mol. The van der Waals surface area contributed by atoms with Gasteiger partial charge in [0.15, 0.2) is 0 Å². The molecule has 1 aliphatic rings. The first kappa shape index (κ1) is 15.7. The molecule has 6 heteroatoms. The van der Waals surface area contributed by atoms with Gasteiger partial charge in [-0.1, -0.05) is 32.0 Å². The Morgan fingerprint density at radius 2 is 2.08 bits per heavy atom. The molecule has 2 aromatic heterocycles. The van der Waals surface area contributed by atoms with Crippen LogP contribution in [0.5, 0.6) is 0 Å². The van der Waals surface area contributed by atoms with Crippen molar-refractivity contribution >= 4 is 16.8 Å². The Morgan fingerprint density at radius 3 is 2.92 bits per heavy atom. The number of nitrogens with zero attached hydrogens (tertiary/aromatic N) is 4. The molecule has 0 bridgehead atoms. The minimum Gasteiger partial charge on any atom is -0.347 e. The van der Waals surface area contributed by atoms with Gasteiger partial charge in [0, 0.05) is 36.5 Å². The molecule has 1 atom stereocenters. The Kier molecular flexibility index (Phi) is 3.95. The normalized spacial score (nSPS) is 16.8. The van der Waals surface area contributed by atoms with Crippen LogP contribution < -0.4 is 5.32 Å². The highest BCUT2D eigenvalue weighted by Gasteiger charge is 2.25. The van der Waals surface area contributed by atoms with Crippen molar-refractivity contribution in [1.82, 2.24) is 25.1 Å². The van der Waals surface area contributed by atoms with Crippen LogP contribution in [0.4, 0.5) is 0 Å². The molecule has 128 valence electrons. The third-order valence-electron chi connectivity index (χ3n) is 4.70. The topological polar surface area (TPSA) is 72.7 Å². The number of pyridine rings is 1. The molecule has 1 aliphatic heterocycles. The molecule has 0 radical (unpaired) electrons. The molecule has 1 unspecified atom stereocenters. The van der Waals surface area contributed by atoms with E-state index in [0.29, 0.717) is 11.5 Å². The Morgan fingerprint density at radius 1 is 1.24 bits per heavy atom. The fraction of sp³-hybridized carbons (Fsp3) is 0.368. The summed E-state index contributed by atoms with van der Waals surface area (Å²) in [4.78, 5) is 17.2. The molecule has 0 spiro atoms. The molecule has 1 aromatic carbocycles. The van der Waals surface area contributed by atoms with E-state index >= 15 is 0 Å². The van der Waals surface area contributed by atoms with Crippen LogP contribution >= 0.6 is 0 Å². The average Bonchev–Trinajstić information content (AvgIpc) is 3.04. The van der Waals surface area contributed by atoms with Gasteiger partial charge in [0.2, 0.25) is 0 Å². The SMILES string of the molecule is CC(C)c1nnc2n1CC(NC(=O)c1cccc3cccnc13)CC2. The molecule has 0 saturated heterocycles. The van der Waals surface area contributed by atoms with Crippen LogP contribution in [0.1, 0.15) is 48.2 Å². The molecule has 3 heterocycles. The van der Waals surface area contributed by atoms with Crippen molar-refractivity contribution < 1.29 is 4.79 Å². The zero-order valence-corrected chi connectivity index (χ0v) is 14.4. The highest BCUT2D eigenvalue weighted by Crippen LogP contribution is 2.21. The standard InChI is InChI=1S/C19H21N5O/c1-12(2)18-23-22-16-9-8-14(11-24(16)18)21-19(25)15-7-3-5-13-6-4-10-20-17(13)15/h3-7,10,12,14H,8-9,11H2,1-2H3,(H,21,25). The van der Waals surface area contributed by atoms with Crippen molar-refractivity contribution in [2.24, 2.45) is 0 Å². The zero-order chi connectivity index (χ0) is 17.4. The van der Waals surface area contributed by atoms with Gasteiger partial charge in [0.25, 0.3) is 5.91 Å². The number of nitrogens with one attached hydrogen (secondary N) is 1. The first-order chi connectivity index (χ1) is 12.1. The quantitative estimate of drug-likeness (QED) is 0.799. The molecule has 25 heavy (non-hydrogen) atoms. The molecule has 1 N–H and O–H groups in total. The van der Waals surface area contributed by atoms with Crippen LogP contribution in [-0.2, 0) is 13.0 Å². The number of benzene rings is 1. The van der Waals surface area contributed by atoms with E-state index < -0.39 is 0 Å². The lowest BCUT2D eigenvalue weighted by atomic mass is 10.0. The lowest BCUT2D eigenvalue weighted by Gasteiger charge is -2.26. The summed E-state index contributed by atoms with van der Waals surface area (Å²) in [5.74, 6) is 2.25. The molecule has 0 aliphatic carbocycles. The van der Waals surface area contributed by atoms with Crippen LogP contribution in [-0.4, -0.2) is 31.7 Å². The van der Waals surface area contributed by atoms with Gasteiger partial charge in [-0.3, -0.25) is 9.78 Å². The van der Waals surface area contributed by atoms with Gasteiger partial charge < -0.3 is 9.88 Å². The van der Waals surface area contributed by atoms with Gasteiger partial charge in [0.05, 0.1) is 11.1 Å². The number of carbonyl (C=O) groups excluding carboxylic acids is 1. The number of hydrogen-bond acceptors (Lipinski definition) is 4. The third-order valence-corrected chi connectivity index (χ3v) is 4.70. The van der Waals surface area contributed by atoms with E-state index in [-0.39, 0.29) is 11.9 Å². The molecule has 4 rings (SSSR count). The summed E-state index contributed by atoms with van der Waals surface area (Å²) >= 11 is 0. The van der Waals surface area contributed by atoms with E-state index in [1.807, 2.05) is 30.3 Å². The van der Waals surface area contributed by atoms with Crippen molar-refractivity contribution in [3.05, 3.63) is 53.7 Å². The number of fused-ring (bicyclic) bond motifs is 2. The predicted octanol–water partition coefficient (Wildman–Crippen LogP) is 2.69. The lowest BCUT2D eigenvalue weighted by molar-refractivity contribution is 0.0928. The summed E-state index contributed by atoms with van der Waals surface area (Å²) in [6.45, 7) is 4.95. The number of amides is 1. The molecular formula is C19H21N5O. The number of rotatable bonds is 3. The van der Waals surface area contributed by atoms with Crippen LogP contribution in [0.25, 0.3) is 10.9 Å². The molecule has 0 fully saturated rings. The smallest absolute Gasteiger partial charge is 0.253 e. The van der Waals surface area contributed by atoms with E-state index in [1.165, 1.54) is 0 Å². The maximum atomic E-state index is 12.8. The lowest BCUT2D eigenvalue weighted by Crippen LogP contribution is -2.41. The first-order valence-electron chi connectivity index (χ1n) is 8.70. The number of aromatic nitrogens is 4. The van der Waals surface area contributed by atoms with Gasteiger partial charge in [-0.2, -0.15) is 0 Å². The molecule has 1 amide bonds. The maximum absolute atomic E-state index is 12.8. The second-order valence-corrected chi connectivity index (χ2v) is 6.83. The highest BCUT2D eigenvalue weighted by atomic mass is 16.1. The second-order valence-electron chi connectivity index (χ2n) is 6.83. The summed E-state index contributed by atoms with van der Waals surface area (Å²) in [6, 6.07) is 9.63. The first-order valence-corrected chi connectivity index (χ1v) is 8.70. The summed E-state index contributed by atoms with van der Waals surface area (Å²) in [7, 11) is 0. The van der Waals surface area contributed by atoms with Gasteiger partial charge >= 0.3 is 0 Å². The summed E-state index contributed by atoms with van der Waals surface area (Å²) in [5.41, 5.74) is 1.36. The maximum Gasteiger partial charge on any atom is 0.253 e. The molecule has 3 aromatic rings. The number of para-hydroxylation sites is 1. The average molecular weight is 335 g/mol. The second kappa shape index (κ2) is 6.27. The van der Waals surface area contributed by atoms with E-state index in [9.17, 15) is 4.79 Å². The van der Waals surface area contributed by atoms with Crippen LogP contribution in [0.3, 0.4) is 0 Å². The summed E-state index contributed by atoms with van der Waals surface area (Å²) in [5, 5.41) is 12.7. The van der Waals surface area contributed by atoms with Gasteiger partial charge in [-0.15, -0.1) is 10.2 Å². The fourth-order valence-electron chi connectivity index (χ4n) is 3.44. The highest BCUT2D eigenvalue weighted by molar-refractivity contribution is 6.05. The zero-order valence-electron chi connectivity index (χ0n) is 14.4. The van der Waals surface area contributed by atoms with E-state index in [0.717, 1.165) is 41.9 Å². The Labute approximate surface area is 146 Å². The van der Waals surface area contributed by atoms with Crippen molar-refractivity contribution in [1.29, 1.82) is 0 Å². The predicted molar refractivity (Wildman–Crippen MR) is 95.4 cm³/mol. The van der Waals surface area contributed by atoms with Crippen LogP contribution in [0.2, 0.25) is 0 Å². The van der Waals surface area contributed by atoms with Crippen molar-refractivity contribution in [3.63, 3.8) is 0 Å². The Hall–Kier alpha value is -2.76. The van der Waals surface area contributed by atoms with Gasteiger partial charge in [-0.25, -0.2) is 0 Å². The molecule has 0 saturated carbocycles.